The summed E-state index contributed by atoms with van der Waals surface area (Å²) in [6.45, 7) is 8.08. The number of alkyl carbamates (subject to hydrolysis) is 1. The topological polar surface area (TPSA) is 97.6 Å². The Morgan fingerprint density at radius 3 is 2.41 bits per heavy atom. The van der Waals surface area contributed by atoms with Gasteiger partial charge in [0.25, 0.3) is 0 Å². The number of hydrogen-bond acceptors (Lipinski definition) is 6. The summed E-state index contributed by atoms with van der Waals surface area (Å²) in [5, 5.41) is 6.19. The molecule has 2 heterocycles. The lowest BCUT2D eigenvalue weighted by Gasteiger charge is -2.26. The van der Waals surface area contributed by atoms with E-state index < -0.39 is 29.4 Å². The van der Waals surface area contributed by atoms with Crippen LogP contribution in [0.4, 0.5) is 18.0 Å². The van der Waals surface area contributed by atoms with Gasteiger partial charge in [-0.15, -0.1) is 0 Å². The summed E-state index contributed by atoms with van der Waals surface area (Å²) in [6.07, 6.45) is 2.84. The van der Waals surface area contributed by atoms with E-state index in [-0.39, 0.29) is 42.0 Å². The lowest BCUT2D eigenvalue weighted by molar-refractivity contribution is -0.132. The Morgan fingerprint density at radius 1 is 1.15 bits per heavy atom. The van der Waals surface area contributed by atoms with E-state index in [9.17, 15) is 22.8 Å². The van der Waals surface area contributed by atoms with Crippen LogP contribution in [0, 0.1) is 17.5 Å². The highest BCUT2D eigenvalue weighted by molar-refractivity contribution is 5.78. The van der Waals surface area contributed by atoms with Gasteiger partial charge >= 0.3 is 6.09 Å². The molecule has 0 aliphatic carbocycles. The number of ether oxygens (including phenoxy) is 1. The Labute approximate surface area is 225 Å². The van der Waals surface area contributed by atoms with Crippen LogP contribution in [0.2, 0.25) is 0 Å². The maximum Gasteiger partial charge on any atom is 0.407 e. The molecule has 0 bridgehead atoms. The summed E-state index contributed by atoms with van der Waals surface area (Å²) < 4.78 is 49.1. The van der Waals surface area contributed by atoms with Crippen LogP contribution in [0.1, 0.15) is 52.5 Å². The molecule has 1 saturated heterocycles. The van der Waals surface area contributed by atoms with Crippen molar-refractivity contribution in [3.05, 3.63) is 71.9 Å². The van der Waals surface area contributed by atoms with Gasteiger partial charge in [-0.2, -0.15) is 4.98 Å². The van der Waals surface area contributed by atoms with Crippen molar-refractivity contribution in [2.24, 2.45) is 0 Å². The highest BCUT2D eigenvalue weighted by atomic mass is 19.1. The first-order valence-corrected chi connectivity index (χ1v) is 12.7. The van der Waals surface area contributed by atoms with Gasteiger partial charge in [-0.1, -0.05) is 23.4 Å². The summed E-state index contributed by atoms with van der Waals surface area (Å²) in [6, 6.07) is 9.14. The SMILES string of the molecule is C[C@@H]1CCCN1C(=O)CC(Cc1ccccc1F)NC(=O)OC(C)(C)C.Fc1cc(F)cc(-c2ncon2)c1. The van der Waals surface area contributed by atoms with Crippen molar-refractivity contribution >= 4 is 12.0 Å². The molecule has 3 aromatic rings. The zero-order chi connectivity index (χ0) is 28.6. The van der Waals surface area contributed by atoms with Crippen LogP contribution in [0.3, 0.4) is 0 Å². The Morgan fingerprint density at radius 2 is 1.85 bits per heavy atom. The predicted octanol–water partition coefficient (Wildman–Crippen LogP) is 5.68. The van der Waals surface area contributed by atoms with Gasteiger partial charge in [0.2, 0.25) is 18.1 Å². The van der Waals surface area contributed by atoms with E-state index in [1.807, 2.05) is 11.8 Å². The first-order chi connectivity index (χ1) is 18.4. The van der Waals surface area contributed by atoms with E-state index in [1.54, 1.807) is 39.0 Å². The number of likely N-dealkylation sites (tertiary alicyclic amines) is 1. The van der Waals surface area contributed by atoms with Crippen molar-refractivity contribution in [2.75, 3.05) is 6.54 Å². The zero-order valence-corrected chi connectivity index (χ0v) is 22.4. The summed E-state index contributed by atoms with van der Waals surface area (Å²) in [5.41, 5.74) is 0.0854. The molecule has 210 valence electrons. The molecule has 1 aromatic heterocycles. The molecule has 1 fully saturated rings. The van der Waals surface area contributed by atoms with Crippen LogP contribution in [0.25, 0.3) is 11.4 Å². The largest absolute Gasteiger partial charge is 0.444 e. The molecule has 1 N–H and O–H groups in total. The van der Waals surface area contributed by atoms with Crippen LogP contribution in [0.15, 0.2) is 53.4 Å². The fourth-order valence-electron chi connectivity index (χ4n) is 4.19. The second-order valence-electron chi connectivity index (χ2n) is 10.3. The van der Waals surface area contributed by atoms with Crippen LogP contribution in [-0.4, -0.2) is 51.3 Å². The lowest BCUT2D eigenvalue weighted by Crippen LogP contribution is -2.44. The quantitative estimate of drug-likeness (QED) is 0.428. The van der Waals surface area contributed by atoms with Gasteiger partial charge in [-0.25, -0.2) is 18.0 Å². The monoisotopic (exact) mass is 546 g/mol. The number of carbonyl (C=O) groups excluding carboxylic acids is 2. The van der Waals surface area contributed by atoms with Crippen molar-refractivity contribution in [2.45, 2.75) is 71.1 Å². The molecule has 2 aromatic carbocycles. The maximum absolute atomic E-state index is 14.0. The molecule has 39 heavy (non-hydrogen) atoms. The van der Waals surface area contributed by atoms with E-state index in [0.717, 1.165) is 44.0 Å². The number of amides is 2. The molecule has 1 unspecified atom stereocenters. The number of carbonyl (C=O) groups is 2. The minimum Gasteiger partial charge on any atom is -0.444 e. The fourth-order valence-corrected chi connectivity index (χ4v) is 4.19. The van der Waals surface area contributed by atoms with Crippen LogP contribution >= 0.6 is 0 Å². The molecular weight excluding hydrogens is 513 g/mol. The molecule has 4 rings (SSSR count). The average molecular weight is 547 g/mol. The number of nitrogens with zero attached hydrogens (tertiary/aromatic N) is 3. The third kappa shape index (κ3) is 9.42. The molecular formula is C28H33F3N4O4. The van der Waals surface area contributed by atoms with Gasteiger partial charge < -0.3 is 19.5 Å². The summed E-state index contributed by atoms with van der Waals surface area (Å²) in [5.74, 6) is -1.53. The van der Waals surface area contributed by atoms with Crippen LogP contribution in [0.5, 0.6) is 0 Å². The van der Waals surface area contributed by atoms with Crippen molar-refractivity contribution in [1.82, 2.24) is 20.4 Å². The van der Waals surface area contributed by atoms with Gasteiger partial charge in [-0.05, 0) is 70.7 Å². The Balaban J connectivity index is 0.000000268. The van der Waals surface area contributed by atoms with E-state index >= 15 is 0 Å². The van der Waals surface area contributed by atoms with Crippen molar-refractivity contribution in [1.29, 1.82) is 0 Å². The standard InChI is InChI=1S/C20H29FN2O3.C8H4F2N2O/c1-14-8-7-11-23(14)18(24)13-16(22-19(25)26-20(2,3)4)12-15-9-5-6-10-17(15)21;9-6-1-5(2-7(10)3-6)8-11-4-13-12-8/h5-6,9-10,14,16H,7-8,11-13H2,1-4H3,(H,22,25);1-4H/t14-,16?;/m1./s1. The number of hydrogen-bond donors (Lipinski definition) is 1. The Kier molecular flexibility index (Phi) is 10.1. The minimum absolute atomic E-state index is 0.0209. The fraction of sp³-hybridized carbons (Fsp3) is 0.429. The molecule has 0 saturated carbocycles. The van der Waals surface area contributed by atoms with E-state index in [4.69, 9.17) is 4.74 Å². The van der Waals surface area contributed by atoms with Crippen LogP contribution < -0.4 is 5.32 Å². The molecule has 1 aliphatic heterocycles. The van der Waals surface area contributed by atoms with Crippen molar-refractivity contribution < 1.29 is 32.0 Å². The highest BCUT2D eigenvalue weighted by Gasteiger charge is 2.29. The second-order valence-corrected chi connectivity index (χ2v) is 10.3. The number of aromatic nitrogens is 2. The van der Waals surface area contributed by atoms with Gasteiger partial charge in [0.15, 0.2) is 0 Å². The average Bonchev–Trinajstić information content (AvgIpc) is 3.51. The number of halogens is 3. The molecule has 2 amide bonds. The summed E-state index contributed by atoms with van der Waals surface area (Å²) in [7, 11) is 0. The molecule has 11 heteroatoms. The first kappa shape index (κ1) is 29.7. The van der Waals surface area contributed by atoms with Crippen LogP contribution in [-0.2, 0) is 16.0 Å². The third-order valence-electron chi connectivity index (χ3n) is 5.92. The maximum atomic E-state index is 14.0. The van der Waals surface area contributed by atoms with Crippen molar-refractivity contribution in [3.63, 3.8) is 0 Å². The third-order valence-corrected chi connectivity index (χ3v) is 5.92. The highest BCUT2D eigenvalue weighted by Crippen LogP contribution is 2.20. The molecule has 2 atom stereocenters. The second kappa shape index (κ2) is 13.3. The van der Waals surface area contributed by atoms with E-state index in [0.29, 0.717) is 5.56 Å². The van der Waals surface area contributed by atoms with Gasteiger partial charge in [0.05, 0.1) is 0 Å². The van der Waals surface area contributed by atoms with Gasteiger partial charge in [0, 0.05) is 36.7 Å². The van der Waals surface area contributed by atoms with Gasteiger partial charge in [0.1, 0.15) is 23.1 Å². The summed E-state index contributed by atoms with van der Waals surface area (Å²) >= 11 is 0. The predicted molar refractivity (Wildman–Crippen MR) is 138 cm³/mol. The van der Waals surface area contributed by atoms with E-state index in [2.05, 4.69) is 20.0 Å². The minimum atomic E-state index is -0.667. The number of rotatable bonds is 6. The smallest absolute Gasteiger partial charge is 0.407 e. The molecule has 8 nitrogen and oxygen atoms in total. The van der Waals surface area contributed by atoms with Gasteiger partial charge in [-0.3, -0.25) is 4.79 Å². The normalized spacial score (nSPS) is 15.8. The Hall–Kier alpha value is -3.89. The zero-order valence-electron chi connectivity index (χ0n) is 22.4. The number of benzene rings is 2. The Bertz CT molecular complexity index is 1230. The number of nitrogens with one attached hydrogen (secondary N) is 1. The summed E-state index contributed by atoms with van der Waals surface area (Å²) in [4.78, 5) is 30.3. The van der Waals surface area contributed by atoms with E-state index in [1.165, 1.54) is 6.07 Å². The molecule has 0 radical (unpaired) electrons. The van der Waals surface area contributed by atoms with Crippen molar-refractivity contribution in [3.8, 4) is 11.4 Å². The lowest BCUT2D eigenvalue weighted by atomic mass is 10.0. The molecule has 1 aliphatic rings. The molecule has 0 spiro atoms. The first-order valence-electron chi connectivity index (χ1n) is 12.7.